The molecule has 0 heterocycles. The molecule has 0 spiro atoms. The molecule has 0 aliphatic heterocycles. The standard InChI is InChI=1S/C17H16O5/c1-21-13-9-12(16(15(19)10-13)17(20)22-2)8-7-11-5-3-4-6-14(11)18/h3-10,18-19H,1-2H3/b8-7+. The molecule has 0 fully saturated rings. The number of aromatic hydroxyl groups is 2. The van der Waals surface area contributed by atoms with Crippen molar-refractivity contribution in [3.05, 3.63) is 53.1 Å². The van der Waals surface area contributed by atoms with Crippen molar-refractivity contribution in [1.29, 1.82) is 0 Å². The maximum absolute atomic E-state index is 11.8. The van der Waals surface area contributed by atoms with E-state index in [0.717, 1.165) is 0 Å². The molecule has 2 rings (SSSR count). The van der Waals surface area contributed by atoms with Gasteiger partial charge in [-0.15, -0.1) is 0 Å². The molecule has 2 aromatic rings. The predicted molar refractivity (Wildman–Crippen MR) is 83.0 cm³/mol. The summed E-state index contributed by atoms with van der Waals surface area (Å²) in [6, 6.07) is 9.72. The zero-order chi connectivity index (χ0) is 16.1. The van der Waals surface area contributed by atoms with Crippen molar-refractivity contribution >= 4 is 18.1 Å². The highest BCUT2D eigenvalue weighted by molar-refractivity contribution is 5.98. The van der Waals surface area contributed by atoms with Gasteiger partial charge in [0, 0.05) is 11.6 Å². The Morgan fingerprint density at radius 2 is 1.68 bits per heavy atom. The SMILES string of the molecule is COC(=O)c1c(O)cc(OC)cc1/C=C/c1ccccc1O. The van der Waals surface area contributed by atoms with Gasteiger partial charge in [-0.25, -0.2) is 4.79 Å². The summed E-state index contributed by atoms with van der Waals surface area (Å²) in [4.78, 5) is 11.8. The third kappa shape index (κ3) is 3.20. The fourth-order valence-electron chi connectivity index (χ4n) is 2.00. The molecule has 5 heteroatoms. The van der Waals surface area contributed by atoms with E-state index in [0.29, 0.717) is 16.9 Å². The Balaban J connectivity index is 2.51. The Morgan fingerprint density at radius 3 is 2.32 bits per heavy atom. The van der Waals surface area contributed by atoms with Crippen LogP contribution < -0.4 is 4.74 Å². The number of hydrogen-bond donors (Lipinski definition) is 2. The van der Waals surface area contributed by atoms with Gasteiger partial charge in [0.25, 0.3) is 0 Å². The number of carbonyl (C=O) groups excluding carboxylic acids is 1. The lowest BCUT2D eigenvalue weighted by Gasteiger charge is -2.09. The van der Waals surface area contributed by atoms with Crippen LogP contribution in [0.3, 0.4) is 0 Å². The molecule has 22 heavy (non-hydrogen) atoms. The van der Waals surface area contributed by atoms with E-state index in [9.17, 15) is 15.0 Å². The zero-order valence-corrected chi connectivity index (χ0v) is 12.2. The maximum atomic E-state index is 11.8. The molecule has 0 aromatic heterocycles. The number of phenolic OH excluding ortho intramolecular Hbond substituents is 2. The molecule has 0 saturated carbocycles. The molecule has 0 aliphatic rings. The molecule has 0 bridgehead atoms. The lowest BCUT2D eigenvalue weighted by Crippen LogP contribution is -2.04. The molecule has 0 unspecified atom stereocenters. The van der Waals surface area contributed by atoms with E-state index in [1.807, 2.05) is 0 Å². The molecule has 0 saturated heterocycles. The van der Waals surface area contributed by atoms with E-state index in [4.69, 9.17) is 4.74 Å². The number of carbonyl (C=O) groups is 1. The van der Waals surface area contributed by atoms with Crippen LogP contribution in [0.2, 0.25) is 0 Å². The van der Waals surface area contributed by atoms with Crippen molar-refractivity contribution in [2.45, 2.75) is 0 Å². The van der Waals surface area contributed by atoms with Crippen LogP contribution in [-0.2, 0) is 4.74 Å². The molecule has 0 radical (unpaired) electrons. The minimum Gasteiger partial charge on any atom is -0.507 e. The number of rotatable bonds is 4. The Bertz CT molecular complexity index is 719. The summed E-state index contributed by atoms with van der Waals surface area (Å²) >= 11 is 0. The van der Waals surface area contributed by atoms with Crippen LogP contribution in [-0.4, -0.2) is 30.4 Å². The van der Waals surface area contributed by atoms with Crippen molar-refractivity contribution in [3.63, 3.8) is 0 Å². The Labute approximate surface area is 128 Å². The second-order valence-electron chi connectivity index (χ2n) is 4.49. The monoisotopic (exact) mass is 300 g/mol. The highest BCUT2D eigenvalue weighted by atomic mass is 16.5. The van der Waals surface area contributed by atoms with Crippen LogP contribution in [0.15, 0.2) is 36.4 Å². The van der Waals surface area contributed by atoms with Gasteiger partial charge in [0.15, 0.2) is 0 Å². The van der Waals surface area contributed by atoms with Crippen LogP contribution in [0, 0.1) is 0 Å². The normalized spacial score (nSPS) is 10.6. The van der Waals surface area contributed by atoms with Crippen molar-refractivity contribution in [3.8, 4) is 17.2 Å². The first kappa shape index (κ1) is 15.4. The summed E-state index contributed by atoms with van der Waals surface area (Å²) in [7, 11) is 2.70. The van der Waals surface area contributed by atoms with Crippen LogP contribution in [0.25, 0.3) is 12.2 Å². The van der Waals surface area contributed by atoms with Crippen LogP contribution in [0.4, 0.5) is 0 Å². The van der Waals surface area contributed by atoms with E-state index in [1.54, 1.807) is 42.5 Å². The minimum absolute atomic E-state index is 0.0370. The number of benzene rings is 2. The third-order valence-corrected chi connectivity index (χ3v) is 3.13. The fraction of sp³-hybridized carbons (Fsp3) is 0.118. The molecular formula is C17H16O5. The first-order chi connectivity index (χ1) is 10.6. The summed E-state index contributed by atoms with van der Waals surface area (Å²) in [6.45, 7) is 0. The van der Waals surface area contributed by atoms with Crippen molar-refractivity contribution in [2.75, 3.05) is 14.2 Å². The third-order valence-electron chi connectivity index (χ3n) is 3.13. The number of para-hydroxylation sites is 1. The zero-order valence-electron chi connectivity index (χ0n) is 12.2. The van der Waals surface area contributed by atoms with Gasteiger partial charge in [-0.1, -0.05) is 30.4 Å². The molecule has 2 aromatic carbocycles. The second-order valence-corrected chi connectivity index (χ2v) is 4.49. The minimum atomic E-state index is -0.655. The first-order valence-corrected chi connectivity index (χ1v) is 6.52. The average molecular weight is 300 g/mol. The average Bonchev–Trinajstić information content (AvgIpc) is 2.52. The molecule has 0 atom stereocenters. The number of methoxy groups -OCH3 is 2. The highest BCUT2D eigenvalue weighted by Crippen LogP contribution is 2.30. The largest absolute Gasteiger partial charge is 0.507 e. The van der Waals surface area contributed by atoms with Crippen molar-refractivity contribution < 1.29 is 24.5 Å². The number of hydrogen-bond acceptors (Lipinski definition) is 5. The molecule has 0 aliphatic carbocycles. The highest BCUT2D eigenvalue weighted by Gasteiger charge is 2.17. The van der Waals surface area contributed by atoms with Crippen molar-refractivity contribution in [2.24, 2.45) is 0 Å². The van der Waals surface area contributed by atoms with E-state index < -0.39 is 5.97 Å². The lowest BCUT2D eigenvalue weighted by molar-refractivity contribution is 0.0597. The van der Waals surface area contributed by atoms with Gasteiger partial charge >= 0.3 is 5.97 Å². The summed E-state index contributed by atoms with van der Waals surface area (Å²) in [5, 5.41) is 19.7. The van der Waals surface area contributed by atoms with E-state index >= 15 is 0 Å². The fourth-order valence-corrected chi connectivity index (χ4v) is 2.00. The van der Waals surface area contributed by atoms with Gasteiger partial charge in [-0.05, 0) is 17.7 Å². The predicted octanol–water partition coefficient (Wildman–Crippen LogP) is 3.06. The second kappa shape index (κ2) is 6.67. The Hall–Kier alpha value is -2.95. The lowest BCUT2D eigenvalue weighted by atomic mass is 10.0. The van der Waals surface area contributed by atoms with E-state index in [1.165, 1.54) is 20.3 Å². The topological polar surface area (TPSA) is 76.0 Å². The maximum Gasteiger partial charge on any atom is 0.342 e. The molecule has 5 nitrogen and oxygen atoms in total. The van der Waals surface area contributed by atoms with Gasteiger partial charge in [0.2, 0.25) is 0 Å². The summed E-state index contributed by atoms with van der Waals surface area (Å²) < 4.78 is 9.77. The molecule has 114 valence electrons. The summed E-state index contributed by atoms with van der Waals surface area (Å²) in [6.07, 6.45) is 3.24. The summed E-state index contributed by atoms with van der Waals surface area (Å²) in [5.74, 6) is -0.368. The Morgan fingerprint density at radius 1 is 1.00 bits per heavy atom. The van der Waals surface area contributed by atoms with Gasteiger partial charge in [0.05, 0.1) is 14.2 Å². The molecule has 2 N–H and O–H groups in total. The van der Waals surface area contributed by atoms with E-state index in [2.05, 4.69) is 4.74 Å². The van der Waals surface area contributed by atoms with Crippen molar-refractivity contribution in [1.82, 2.24) is 0 Å². The quantitative estimate of drug-likeness (QED) is 0.670. The van der Waals surface area contributed by atoms with Gasteiger partial charge in [-0.2, -0.15) is 0 Å². The number of esters is 1. The van der Waals surface area contributed by atoms with Crippen LogP contribution in [0.1, 0.15) is 21.5 Å². The van der Waals surface area contributed by atoms with Crippen LogP contribution >= 0.6 is 0 Å². The van der Waals surface area contributed by atoms with Gasteiger partial charge < -0.3 is 19.7 Å². The summed E-state index contributed by atoms with van der Waals surface area (Å²) in [5.41, 5.74) is 1.04. The van der Waals surface area contributed by atoms with Gasteiger partial charge in [0.1, 0.15) is 22.8 Å². The van der Waals surface area contributed by atoms with E-state index in [-0.39, 0.29) is 17.1 Å². The first-order valence-electron chi connectivity index (χ1n) is 6.52. The number of phenols is 2. The molecular weight excluding hydrogens is 284 g/mol. The Kier molecular flexibility index (Phi) is 4.68. The van der Waals surface area contributed by atoms with Gasteiger partial charge in [-0.3, -0.25) is 0 Å². The molecule has 0 amide bonds. The van der Waals surface area contributed by atoms with Crippen LogP contribution in [0.5, 0.6) is 17.2 Å². The number of ether oxygens (including phenoxy) is 2. The smallest absolute Gasteiger partial charge is 0.342 e.